The van der Waals surface area contributed by atoms with Gasteiger partial charge in [-0.05, 0) is 11.1 Å². The van der Waals surface area contributed by atoms with E-state index in [-0.39, 0.29) is 17.6 Å². The van der Waals surface area contributed by atoms with Crippen molar-refractivity contribution >= 4 is 12.0 Å². The Morgan fingerprint density at radius 3 is 2.57 bits per heavy atom. The quantitative estimate of drug-likeness (QED) is 0.494. The Labute approximate surface area is 174 Å². The van der Waals surface area contributed by atoms with E-state index in [4.69, 9.17) is 0 Å². The van der Waals surface area contributed by atoms with Gasteiger partial charge in [0.05, 0.1) is 25.1 Å². The number of aromatic nitrogens is 5. The molecule has 0 radical (unpaired) electrons. The van der Waals surface area contributed by atoms with E-state index in [2.05, 4.69) is 20.6 Å². The highest BCUT2D eigenvalue weighted by Crippen LogP contribution is 2.15. The minimum absolute atomic E-state index is 0.212. The molecule has 0 saturated carbocycles. The maximum atomic E-state index is 12.8. The molecular weight excluding hydrogens is 376 g/mol. The van der Waals surface area contributed by atoms with Crippen LogP contribution in [0, 0.1) is 0 Å². The summed E-state index contributed by atoms with van der Waals surface area (Å²) in [6.45, 7) is 1.11. The summed E-state index contributed by atoms with van der Waals surface area (Å²) in [5, 5.41) is 11.2. The van der Waals surface area contributed by atoms with Crippen LogP contribution in [-0.2, 0) is 13.1 Å². The Hall–Kier alpha value is -4.00. The molecule has 150 valence electrons. The highest BCUT2D eigenvalue weighted by Gasteiger charge is 2.18. The van der Waals surface area contributed by atoms with E-state index in [0.717, 1.165) is 11.1 Å². The zero-order valence-corrected chi connectivity index (χ0v) is 16.4. The Morgan fingerprint density at radius 1 is 1.07 bits per heavy atom. The maximum absolute atomic E-state index is 12.8. The average molecular weight is 398 g/mol. The molecule has 7 heteroatoms. The fraction of sp³-hybridized carbons (Fsp3) is 0.130. The SMILES string of the molecule is O=C(N[C@@H](Cn1ccnc1)c1ccccc1)c1cn(C/C=C/c2ccccc2)nn1. The minimum atomic E-state index is -0.262. The predicted octanol–water partition coefficient (Wildman–Crippen LogP) is 3.36. The smallest absolute Gasteiger partial charge is 0.274 e. The Kier molecular flexibility index (Phi) is 6.10. The van der Waals surface area contributed by atoms with Crippen molar-refractivity contribution in [2.45, 2.75) is 19.1 Å². The summed E-state index contributed by atoms with van der Waals surface area (Å²) in [6.07, 6.45) is 11.0. The summed E-state index contributed by atoms with van der Waals surface area (Å²) in [7, 11) is 0. The van der Waals surface area contributed by atoms with E-state index in [0.29, 0.717) is 13.1 Å². The molecule has 2 aromatic heterocycles. The molecule has 0 fully saturated rings. The number of carbonyl (C=O) groups is 1. The number of nitrogens with one attached hydrogen (secondary N) is 1. The zero-order valence-electron chi connectivity index (χ0n) is 16.4. The third kappa shape index (κ3) is 5.08. The van der Waals surface area contributed by atoms with Crippen LogP contribution in [0.3, 0.4) is 0 Å². The van der Waals surface area contributed by atoms with E-state index < -0.39 is 0 Å². The molecule has 0 spiro atoms. The van der Waals surface area contributed by atoms with Gasteiger partial charge < -0.3 is 9.88 Å². The number of nitrogens with zero attached hydrogens (tertiary/aromatic N) is 5. The lowest BCUT2D eigenvalue weighted by Gasteiger charge is -2.19. The molecule has 4 aromatic rings. The van der Waals surface area contributed by atoms with Gasteiger partial charge in [-0.3, -0.25) is 4.79 Å². The molecule has 0 bridgehead atoms. The summed E-state index contributed by atoms with van der Waals surface area (Å²) in [5.41, 5.74) is 2.41. The number of carbonyl (C=O) groups excluding carboxylic acids is 1. The van der Waals surface area contributed by atoms with Crippen LogP contribution in [0.25, 0.3) is 6.08 Å². The van der Waals surface area contributed by atoms with Gasteiger partial charge >= 0.3 is 0 Å². The van der Waals surface area contributed by atoms with E-state index in [9.17, 15) is 4.79 Å². The highest BCUT2D eigenvalue weighted by molar-refractivity contribution is 5.92. The first-order valence-electron chi connectivity index (χ1n) is 9.71. The number of hydrogen-bond acceptors (Lipinski definition) is 4. The van der Waals surface area contributed by atoms with Gasteiger partial charge in [-0.25, -0.2) is 9.67 Å². The Bertz CT molecular complexity index is 1090. The fourth-order valence-electron chi connectivity index (χ4n) is 3.11. The zero-order chi connectivity index (χ0) is 20.6. The molecule has 30 heavy (non-hydrogen) atoms. The van der Waals surface area contributed by atoms with Gasteiger partial charge in [0, 0.05) is 18.9 Å². The lowest BCUT2D eigenvalue weighted by atomic mass is 10.1. The number of hydrogen-bond donors (Lipinski definition) is 1. The molecule has 1 amide bonds. The van der Waals surface area contributed by atoms with Crippen LogP contribution < -0.4 is 5.32 Å². The second kappa shape index (κ2) is 9.47. The molecule has 0 unspecified atom stereocenters. The molecule has 0 aliphatic heterocycles. The van der Waals surface area contributed by atoms with E-state index in [1.54, 1.807) is 23.4 Å². The normalized spacial score (nSPS) is 12.1. The third-order valence-electron chi connectivity index (χ3n) is 4.63. The summed E-state index contributed by atoms with van der Waals surface area (Å²) < 4.78 is 3.57. The van der Waals surface area contributed by atoms with Crippen LogP contribution in [0.4, 0.5) is 0 Å². The molecule has 1 N–H and O–H groups in total. The van der Waals surface area contributed by atoms with Crippen LogP contribution >= 0.6 is 0 Å². The number of allylic oxidation sites excluding steroid dienone is 1. The Morgan fingerprint density at radius 2 is 1.83 bits per heavy atom. The van der Waals surface area contributed by atoms with Gasteiger partial charge in [-0.1, -0.05) is 78.0 Å². The molecule has 0 aliphatic carbocycles. The van der Waals surface area contributed by atoms with Gasteiger partial charge in [0.15, 0.2) is 5.69 Å². The van der Waals surface area contributed by atoms with Crippen LogP contribution in [0.2, 0.25) is 0 Å². The number of amides is 1. The molecule has 7 nitrogen and oxygen atoms in total. The van der Waals surface area contributed by atoms with Crippen molar-refractivity contribution in [2.75, 3.05) is 0 Å². The fourth-order valence-corrected chi connectivity index (χ4v) is 3.11. The molecule has 2 heterocycles. The number of benzene rings is 2. The van der Waals surface area contributed by atoms with Crippen molar-refractivity contribution < 1.29 is 4.79 Å². The van der Waals surface area contributed by atoms with Crippen molar-refractivity contribution in [1.29, 1.82) is 0 Å². The topological polar surface area (TPSA) is 77.6 Å². The standard InChI is InChI=1S/C23H22N6O/c30-23(22-17-29(27-26-22)14-7-10-19-8-3-1-4-9-19)25-21(16-28-15-13-24-18-28)20-11-5-2-6-12-20/h1-13,15,17-18,21H,14,16H2,(H,25,30)/b10-7+/t21-/m0/s1. The van der Waals surface area contributed by atoms with Crippen molar-refractivity contribution in [1.82, 2.24) is 29.9 Å². The molecule has 0 aliphatic rings. The Balaban J connectivity index is 1.42. The molecule has 4 rings (SSSR count). The van der Waals surface area contributed by atoms with Gasteiger partial charge in [0.2, 0.25) is 0 Å². The van der Waals surface area contributed by atoms with E-state index >= 15 is 0 Å². The van der Waals surface area contributed by atoms with E-state index in [1.165, 1.54) is 0 Å². The summed E-state index contributed by atoms with van der Waals surface area (Å²) in [4.78, 5) is 16.9. The molecule has 1 atom stereocenters. The number of rotatable bonds is 8. The first-order valence-corrected chi connectivity index (χ1v) is 9.71. The maximum Gasteiger partial charge on any atom is 0.274 e. The molecular formula is C23H22N6O. The molecule has 2 aromatic carbocycles. The highest BCUT2D eigenvalue weighted by atomic mass is 16.2. The van der Waals surface area contributed by atoms with Crippen molar-refractivity contribution in [3.8, 4) is 0 Å². The van der Waals surface area contributed by atoms with Crippen molar-refractivity contribution in [3.63, 3.8) is 0 Å². The lowest BCUT2D eigenvalue weighted by molar-refractivity contribution is 0.0927. The average Bonchev–Trinajstić information content (AvgIpc) is 3.47. The lowest BCUT2D eigenvalue weighted by Crippen LogP contribution is -2.31. The second-order valence-electron chi connectivity index (χ2n) is 6.84. The summed E-state index contributed by atoms with van der Waals surface area (Å²) in [6, 6.07) is 19.7. The third-order valence-corrected chi connectivity index (χ3v) is 4.63. The van der Waals surface area contributed by atoms with Gasteiger partial charge in [-0.2, -0.15) is 0 Å². The predicted molar refractivity (Wildman–Crippen MR) is 114 cm³/mol. The summed E-state index contributed by atoms with van der Waals surface area (Å²) in [5.74, 6) is -0.262. The van der Waals surface area contributed by atoms with Crippen LogP contribution in [-0.4, -0.2) is 30.5 Å². The van der Waals surface area contributed by atoms with Crippen LogP contribution in [0.5, 0.6) is 0 Å². The van der Waals surface area contributed by atoms with Gasteiger partial charge in [-0.15, -0.1) is 5.10 Å². The van der Waals surface area contributed by atoms with Gasteiger partial charge in [0.1, 0.15) is 0 Å². The van der Waals surface area contributed by atoms with Crippen molar-refractivity contribution in [2.24, 2.45) is 0 Å². The first-order chi connectivity index (χ1) is 14.8. The molecule has 0 saturated heterocycles. The van der Waals surface area contributed by atoms with Gasteiger partial charge in [0.25, 0.3) is 5.91 Å². The van der Waals surface area contributed by atoms with E-state index in [1.807, 2.05) is 83.6 Å². The number of imidazole rings is 1. The van der Waals surface area contributed by atoms with Crippen molar-refractivity contribution in [3.05, 3.63) is 108 Å². The van der Waals surface area contributed by atoms with Crippen LogP contribution in [0.1, 0.15) is 27.7 Å². The second-order valence-corrected chi connectivity index (χ2v) is 6.84. The largest absolute Gasteiger partial charge is 0.342 e. The monoisotopic (exact) mass is 398 g/mol. The minimum Gasteiger partial charge on any atom is -0.342 e. The van der Waals surface area contributed by atoms with Crippen LogP contribution in [0.15, 0.2) is 91.7 Å². The summed E-state index contributed by atoms with van der Waals surface area (Å²) >= 11 is 0. The first kappa shape index (κ1) is 19.3.